The molecule has 0 N–H and O–H groups in total. The molecule has 0 atom stereocenters. The van der Waals surface area contributed by atoms with Gasteiger partial charge in [-0.25, -0.2) is 0 Å². The third kappa shape index (κ3) is 4.31. The maximum absolute atomic E-state index is 5.54. The molecule has 0 saturated carbocycles. The Balaban J connectivity index is 0.000000791. The Morgan fingerprint density at radius 2 is 1.79 bits per heavy atom. The maximum atomic E-state index is 5.54. The zero-order valence-electron chi connectivity index (χ0n) is 10.1. The van der Waals surface area contributed by atoms with E-state index >= 15 is 0 Å². The lowest BCUT2D eigenvalue weighted by molar-refractivity contribution is 0.315. The van der Waals surface area contributed by atoms with E-state index in [1.165, 1.54) is 11.1 Å². The first-order chi connectivity index (χ1) is 6.74. The minimum absolute atomic E-state index is 0.809. The minimum atomic E-state index is 0.809. The van der Waals surface area contributed by atoms with Crippen LogP contribution in [-0.2, 0) is 0 Å². The predicted molar refractivity (Wildman–Crippen MR) is 63.1 cm³/mol. The maximum Gasteiger partial charge on any atom is 0.122 e. The van der Waals surface area contributed by atoms with Crippen molar-refractivity contribution in [2.24, 2.45) is 0 Å². The van der Waals surface area contributed by atoms with Gasteiger partial charge in [-0.2, -0.15) is 0 Å². The normalized spacial score (nSPS) is 8.93. The Bertz CT molecular complexity index is 253. The van der Waals surface area contributed by atoms with Crippen molar-refractivity contribution < 1.29 is 4.74 Å². The van der Waals surface area contributed by atoms with Crippen LogP contribution in [-0.4, -0.2) is 6.61 Å². The van der Waals surface area contributed by atoms with Gasteiger partial charge in [0.05, 0.1) is 6.61 Å². The molecule has 0 spiro atoms. The first-order valence-corrected chi connectivity index (χ1v) is 5.44. The molecule has 0 bridgehead atoms. The Labute approximate surface area is 88.1 Å². The van der Waals surface area contributed by atoms with Gasteiger partial charge in [-0.15, -0.1) is 0 Å². The van der Waals surface area contributed by atoms with E-state index in [0.717, 1.165) is 18.8 Å². The summed E-state index contributed by atoms with van der Waals surface area (Å²) >= 11 is 0. The second-order valence-electron chi connectivity index (χ2n) is 3.12. The van der Waals surface area contributed by atoms with E-state index in [-0.39, 0.29) is 0 Å². The van der Waals surface area contributed by atoms with Crippen LogP contribution in [0.1, 0.15) is 38.3 Å². The lowest BCUT2D eigenvalue weighted by Crippen LogP contribution is -1.96. The van der Waals surface area contributed by atoms with Gasteiger partial charge in [0.25, 0.3) is 0 Å². The molecule has 1 heteroatoms. The van der Waals surface area contributed by atoms with Gasteiger partial charge in [0.1, 0.15) is 5.75 Å². The SMILES string of the molecule is CC.CCCOc1ccc(C)cc1C. The van der Waals surface area contributed by atoms with Gasteiger partial charge in [0, 0.05) is 0 Å². The summed E-state index contributed by atoms with van der Waals surface area (Å²) in [6.07, 6.45) is 1.06. The number of benzene rings is 1. The molecular formula is C13H22O. The summed E-state index contributed by atoms with van der Waals surface area (Å²) in [6, 6.07) is 6.27. The third-order valence-electron chi connectivity index (χ3n) is 1.79. The fourth-order valence-corrected chi connectivity index (χ4v) is 1.17. The van der Waals surface area contributed by atoms with E-state index in [0.29, 0.717) is 0 Å². The Morgan fingerprint density at radius 1 is 1.14 bits per heavy atom. The summed E-state index contributed by atoms with van der Waals surface area (Å²) in [4.78, 5) is 0. The largest absolute Gasteiger partial charge is 0.493 e. The van der Waals surface area contributed by atoms with Crippen LogP contribution in [0.3, 0.4) is 0 Å². The monoisotopic (exact) mass is 194 g/mol. The molecule has 0 radical (unpaired) electrons. The first-order valence-electron chi connectivity index (χ1n) is 5.44. The first kappa shape index (κ1) is 13.0. The molecular weight excluding hydrogens is 172 g/mol. The fourth-order valence-electron chi connectivity index (χ4n) is 1.17. The standard InChI is InChI=1S/C11H16O.C2H6/c1-4-7-12-11-6-5-9(2)8-10(11)3;1-2/h5-6,8H,4,7H2,1-3H3;1-2H3. The van der Waals surface area contributed by atoms with E-state index in [9.17, 15) is 0 Å². The van der Waals surface area contributed by atoms with Crippen molar-refractivity contribution in [3.63, 3.8) is 0 Å². The molecule has 0 amide bonds. The molecule has 0 aliphatic rings. The molecule has 0 aliphatic heterocycles. The number of rotatable bonds is 3. The molecule has 0 aliphatic carbocycles. The highest BCUT2D eigenvalue weighted by molar-refractivity contribution is 5.35. The molecule has 1 rings (SSSR count). The van der Waals surface area contributed by atoms with Crippen LogP contribution in [0, 0.1) is 13.8 Å². The zero-order chi connectivity index (χ0) is 11.0. The molecule has 1 nitrogen and oxygen atoms in total. The van der Waals surface area contributed by atoms with Gasteiger partial charge in [-0.1, -0.05) is 38.5 Å². The Hall–Kier alpha value is -0.980. The molecule has 80 valence electrons. The molecule has 0 aromatic heterocycles. The van der Waals surface area contributed by atoms with Gasteiger partial charge in [0.15, 0.2) is 0 Å². The summed E-state index contributed by atoms with van der Waals surface area (Å²) in [6.45, 7) is 11.1. The molecule has 0 unspecified atom stereocenters. The van der Waals surface area contributed by atoms with Crippen LogP contribution in [0.2, 0.25) is 0 Å². The van der Waals surface area contributed by atoms with Gasteiger partial charge >= 0.3 is 0 Å². The molecule has 1 aromatic rings. The molecule has 0 fully saturated rings. The number of aryl methyl sites for hydroxylation is 2. The van der Waals surface area contributed by atoms with E-state index < -0.39 is 0 Å². The van der Waals surface area contributed by atoms with Crippen LogP contribution in [0.4, 0.5) is 0 Å². The predicted octanol–water partition coefficient (Wildman–Crippen LogP) is 4.12. The molecule has 0 saturated heterocycles. The van der Waals surface area contributed by atoms with Crippen molar-refractivity contribution in [1.82, 2.24) is 0 Å². The lowest BCUT2D eigenvalue weighted by Gasteiger charge is -2.07. The second-order valence-corrected chi connectivity index (χ2v) is 3.12. The Kier molecular flexibility index (Phi) is 6.91. The van der Waals surface area contributed by atoms with Crippen molar-refractivity contribution in [2.75, 3.05) is 6.61 Å². The smallest absolute Gasteiger partial charge is 0.122 e. The number of ether oxygens (including phenoxy) is 1. The van der Waals surface area contributed by atoms with Crippen LogP contribution in [0.5, 0.6) is 5.75 Å². The van der Waals surface area contributed by atoms with E-state index in [1.54, 1.807) is 0 Å². The topological polar surface area (TPSA) is 9.23 Å². The van der Waals surface area contributed by atoms with E-state index in [4.69, 9.17) is 4.74 Å². The van der Waals surface area contributed by atoms with E-state index in [1.807, 2.05) is 19.9 Å². The Morgan fingerprint density at radius 3 is 2.29 bits per heavy atom. The van der Waals surface area contributed by atoms with Crippen molar-refractivity contribution in [3.8, 4) is 5.75 Å². The van der Waals surface area contributed by atoms with Crippen molar-refractivity contribution in [1.29, 1.82) is 0 Å². The highest BCUT2D eigenvalue weighted by Crippen LogP contribution is 2.18. The van der Waals surface area contributed by atoms with Gasteiger partial charge < -0.3 is 4.74 Å². The molecule has 0 heterocycles. The minimum Gasteiger partial charge on any atom is -0.493 e. The lowest BCUT2D eigenvalue weighted by atomic mass is 10.1. The van der Waals surface area contributed by atoms with Crippen LogP contribution >= 0.6 is 0 Å². The molecule has 1 aromatic carbocycles. The van der Waals surface area contributed by atoms with Crippen LogP contribution in [0.25, 0.3) is 0 Å². The van der Waals surface area contributed by atoms with Crippen molar-refractivity contribution in [2.45, 2.75) is 41.0 Å². The van der Waals surface area contributed by atoms with Crippen LogP contribution in [0.15, 0.2) is 18.2 Å². The zero-order valence-corrected chi connectivity index (χ0v) is 10.1. The van der Waals surface area contributed by atoms with Crippen molar-refractivity contribution >= 4 is 0 Å². The summed E-state index contributed by atoms with van der Waals surface area (Å²) in [5.74, 6) is 1.02. The third-order valence-corrected chi connectivity index (χ3v) is 1.79. The average Bonchev–Trinajstić information content (AvgIpc) is 2.20. The number of hydrogen-bond donors (Lipinski definition) is 0. The summed E-state index contributed by atoms with van der Waals surface area (Å²) in [5, 5.41) is 0. The van der Waals surface area contributed by atoms with E-state index in [2.05, 4.69) is 32.9 Å². The van der Waals surface area contributed by atoms with Gasteiger partial charge in [-0.3, -0.25) is 0 Å². The van der Waals surface area contributed by atoms with Crippen molar-refractivity contribution in [3.05, 3.63) is 29.3 Å². The summed E-state index contributed by atoms with van der Waals surface area (Å²) < 4.78 is 5.54. The summed E-state index contributed by atoms with van der Waals surface area (Å²) in [7, 11) is 0. The highest BCUT2D eigenvalue weighted by atomic mass is 16.5. The van der Waals surface area contributed by atoms with Crippen LogP contribution < -0.4 is 4.74 Å². The van der Waals surface area contributed by atoms with Gasteiger partial charge in [-0.05, 0) is 31.9 Å². The summed E-state index contributed by atoms with van der Waals surface area (Å²) in [5.41, 5.74) is 2.51. The highest BCUT2D eigenvalue weighted by Gasteiger charge is 1.97. The molecule has 14 heavy (non-hydrogen) atoms. The average molecular weight is 194 g/mol. The number of hydrogen-bond acceptors (Lipinski definition) is 1. The second kappa shape index (κ2) is 7.43. The quantitative estimate of drug-likeness (QED) is 0.703. The fraction of sp³-hybridized carbons (Fsp3) is 0.538. The van der Waals surface area contributed by atoms with Gasteiger partial charge in [0.2, 0.25) is 0 Å².